The van der Waals surface area contributed by atoms with Crippen LogP contribution < -0.4 is 5.32 Å². The van der Waals surface area contributed by atoms with Crippen molar-refractivity contribution in [3.63, 3.8) is 0 Å². The van der Waals surface area contributed by atoms with Crippen molar-refractivity contribution in [3.05, 3.63) is 35.6 Å². The van der Waals surface area contributed by atoms with E-state index in [1.807, 2.05) is 12.1 Å². The molecule has 2 unspecified atom stereocenters. The number of hydrogen-bond donors (Lipinski definition) is 1. The predicted molar refractivity (Wildman–Crippen MR) is 90.2 cm³/mol. The topological polar surface area (TPSA) is 12.0 Å². The first kappa shape index (κ1) is 18.2. The monoisotopic (exact) mass is 293 g/mol. The highest BCUT2D eigenvalue weighted by molar-refractivity contribution is 5.26. The maximum atomic E-state index is 13.2. The molecule has 0 saturated carbocycles. The Balaban J connectivity index is 2.90. The maximum Gasteiger partial charge on any atom is 0.123 e. The van der Waals surface area contributed by atoms with Crippen molar-refractivity contribution in [2.75, 3.05) is 6.54 Å². The molecule has 0 saturated heterocycles. The van der Waals surface area contributed by atoms with E-state index in [-0.39, 0.29) is 11.2 Å². The van der Waals surface area contributed by atoms with Crippen molar-refractivity contribution in [1.29, 1.82) is 0 Å². The third-order valence-corrected chi connectivity index (χ3v) is 4.52. The second-order valence-electron chi connectivity index (χ2n) is 6.86. The molecule has 1 N–H and O–H groups in total. The molecule has 0 aliphatic rings. The van der Waals surface area contributed by atoms with Crippen LogP contribution in [0, 0.1) is 11.7 Å². The Bertz CT molecular complexity index is 397. The summed E-state index contributed by atoms with van der Waals surface area (Å²) >= 11 is 0. The van der Waals surface area contributed by atoms with Gasteiger partial charge in [-0.2, -0.15) is 0 Å². The van der Waals surface area contributed by atoms with Crippen LogP contribution in [0.25, 0.3) is 0 Å². The second-order valence-corrected chi connectivity index (χ2v) is 6.86. The molecule has 0 spiro atoms. The summed E-state index contributed by atoms with van der Waals surface area (Å²) in [6, 6.07) is 7.43. The smallest absolute Gasteiger partial charge is 0.123 e. The number of rotatable bonds is 9. The lowest BCUT2D eigenvalue weighted by molar-refractivity contribution is 0.279. The molecule has 0 fully saturated rings. The fourth-order valence-electron chi connectivity index (χ4n) is 3.05. The molecule has 0 radical (unpaired) electrons. The Morgan fingerprint density at radius 2 is 1.71 bits per heavy atom. The first-order chi connectivity index (χ1) is 9.91. The van der Waals surface area contributed by atoms with Crippen LogP contribution in [-0.2, 0) is 5.41 Å². The quantitative estimate of drug-likeness (QED) is 0.651. The standard InChI is InChI=1S/C19H32FN/c1-6-8-15(3)14-18(21-13-7-2)19(4,5)16-9-11-17(20)12-10-16/h9-12,15,18,21H,6-8,13-14H2,1-5H3. The molecule has 1 nitrogen and oxygen atoms in total. The summed E-state index contributed by atoms with van der Waals surface area (Å²) in [5.41, 5.74) is 1.21. The van der Waals surface area contributed by atoms with Crippen molar-refractivity contribution in [1.82, 2.24) is 5.32 Å². The fourth-order valence-corrected chi connectivity index (χ4v) is 3.05. The van der Waals surface area contributed by atoms with Crippen LogP contribution in [0.3, 0.4) is 0 Å². The number of benzene rings is 1. The normalized spacial score (nSPS) is 15.0. The molecule has 0 bridgehead atoms. The van der Waals surface area contributed by atoms with E-state index in [9.17, 15) is 4.39 Å². The first-order valence-electron chi connectivity index (χ1n) is 8.41. The lowest BCUT2D eigenvalue weighted by atomic mass is 9.74. The Morgan fingerprint density at radius 3 is 2.24 bits per heavy atom. The molecule has 1 aromatic rings. The van der Waals surface area contributed by atoms with Gasteiger partial charge in [-0.15, -0.1) is 0 Å². The van der Waals surface area contributed by atoms with Gasteiger partial charge in [-0.3, -0.25) is 0 Å². The molecule has 120 valence electrons. The van der Waals surface area contributed by atoms with Gasteiger partial charge < -0.3 is 5.32 Å². The Labute approximate surface area is 130 Å². The lowest BCUT2D eigenvalue weighted by Crippen LogP contribution is -2.46. The Morgan fingerprint density at radius 1 is 1.10 bits per heavy atom. The molecule has 2 atom stereocenters. The molecule has 0 aliphatic carbocycles. The molecule has 1 rings (SSSR count). The van der Waals surface area contributed by atoms with Crippen LogP contribution in [0.5, 0.6) is 0 Å². The van der Waals surface area contributed by atoms with E-state index in [2.05, 4.69) is 39.9 Å². The van der Waals surface area contributed by atoms with Gasteiger partial charge in [-0.25, -0.2) is 4.39 Å². The minimum absolute atomic E-state index is 0.00483. The molecule has 2 heteroatoms. The van der Waals surface area contributed by atoms with E-state index in [4.69, 9.17) is 0 Å². The van der Waals surface area contributed by atoms with Gasteiger partial charge in [0.05, 0.1) is 0 Å². The third kappa shape index (κ3) is 5.43. The van der Waals surface area contributed by atoms with E-state index in [1.54, 1.807) is 12.1 Å². The Hall–Kier alpha value is -0.890. The molecular formula is C19H32FN. The van der Waals surface area contributed by atoms with Crippen LogP contribution in [0.15, 0.2) is 24.3 Å². The molecular weight excluding hydrogens is 261 g/mol. The van der Waals surface area contributed by atoms with Crippen molar-refractivity contribution < 1.29 is 4.39 Å². The van der Waals surface area contributed by atoms with Crippen LogP contribution in [0.2, 0.25) is 0 Å². The van der Waals surface area contributed by atoms with Crippen LogP contribution in [0.4, 0.5) is 4.39 Å². The van der Waals surface area contributed by atoms with Gasteiger partial charge in [-0.1, -0.05) is 59.6 Å². The second kappa shape index (κ2) is 8.53. The number of nitrogens with one attached hydrogen (secondary N) is 1. The Kier molecular flexibility index (Phi) is 7.37. The highest BCUT2D eigenvalue weighted by Gasteiger charge is 2.31. The van der Waals surface area contributed by atoms with Gasteiger partial charge in [0.2, 0.25) is 0 Å². The molecule has 1 aromatic carbocycles. The largest absolute Gasteiger partial charge is 0.313 e. The highest BCUT2D eigenvalue weighted by atomic mass is 19.1. The van der Waals surface area contributed by atoms with Crippen molar-refractivity contribution in [3.8, 4) is 0 Å². The summed E-state index contributed by atoms with van der Waals surface area (Å²) < 4.78 is 13.2. The lowest BCUT2D eigenvalue weighted by Gasteiger charge is -2.37. The zero-order valence-corrected chi connectivity index (χ0v) is 14.4. The van der Waals surface area contributed by atoms with Gasteiger partial charge in [0.1, 0.15) is 5.82 Å². The van der Waals surface area contributed by atoms with Crippen molar-refractivity contribution in [2.45, 2.75) is 71.8 Å². The van der Waals surface area contributed by atoms with Gasteiger partial charge in [-0.05, 0) is 43.0 Å². The zero-order chi connectivity index (χ0) is 15.9. The molecule has 0 amide bonds. The molecule has 0 aromatic heterocycles. The maximum absolute atomic E-state index is 13.2. The van der Waals surface area contributed by atoms with E-state index < -0.39 is 0 Å². The molecule has 21 heavy (non-hydrogen) atoms. The molecule has 0 heterocycles. The highest BCUT2D eigenvalue weighted by Crippen LogP contribution is 2.31. The number of halogens is 1. The summed E-state index contributed by atoms with van der Waals surface area (Å²) in [4.78, 5) is 0. The fraction of sp³-hybridized carbons (Fsp3) is 0.684. The number of hydrogen-bond acceptors (Lipinski definition) is 1. The summed E-state index contributed by atoms with van der Waals surface area (Å²) in [6.45, 7) is 12.4. The first-order valence-corrected chi connectivity index (χ1v) is 8.41. The average Bonchev–Trinajstić information content (AvgIpc) is 2.44. The SMILES string of the molecule is CCCNC(CC(C)CCC)C(C)(C)c1ccc(F)cc1. The van der Waals surface area contributed by atoms with Crippen LogP contribution in [-0.4, -0.2) is 12.6 Å². The van der Waals surface area contributed by atoms with Gasteiger partial charge >= 0.3 is 0 Å². The van der Waals surface area contributed by atoms with E-state index in [0.29, 0.717) is 12.0 Å². The van der Waals surface area contributed by atoms with E-state index in [1.165, 1.54) is 18.4 Å². The minimum atomic E-state index is -0.160. The van der Waals surface area contributed by atoms with Crippen molar-refractivity contribution in [2.24, 2.45) is 5.92 Å². The van der Waals surface area contributed by atoms with Gasteiger partial charge in [0.15, 0.2) is 0 Å². The van der Waals surface area contributed by atoms with E-state index >= 15 is 0 Å². The van der Waals surface area contributed by atoms with Crippen molar-refractivity contribution >= 4 is 0 Å². The predicted octanol–water partition coefficient (Wildman–Crippen LogP) is 5.30. The van der Waals surface area contributed by atoms with Gasteiger partial charge in [0.25, 0.3) is 0 Å². The van der Waals surface area contributed by atoms with Crippen LogP contribution in [0.1, 0.15) is 65.9 Å². The summed E-state index contributed by atoms with van der Waals surface area (Å²) in [7, 11) is 0. The van der Waals surface area contributed by atoms with Gasteiger partial charge in [0, 0.05) is 11.5 Å². The summed E-state index contributed by atoms with van der Waals surface area (Å²) in [5, 5.41) is 3.72. The zero-order valence-electron chi connectivity index (χ0n) is 14.4. The van der Waals surface area contributed by atoms with Crippen LogP contribution >= 0.6 is 0 Å². The van der Waals surface area contributed by atoms with E-state index in [0.717, 1.165) is 19.4 Å². The average molecular weight is 293 g/mol. The summed E-state index contributed by atoms with van der Waals surface area (Å²) in [6.07, 6.45) is 4.80. The minimum Gasteiger partial charge on any atom is -0.313 e. The third-order valence-electron chi connectivity index (χ3n) is 4.52. The summed E-state index contributed by atoms with van der Waals surface area (Å²) in [5.74, 6) is 0.552. The molecule has 0 aliphatic heterocycles.